The van der Waals surface area contributed by atoms with Gasteiger partial charge in [0.05, 0.1) is 6.61 Å². The predicted molar refractivity (Wildman–Crippen MR) is 128 cm³/mol. The number of rotatable bonds is 17. The zero-order valence-corrected chi connectivity index (χ0v) is 19.6. The van der Waals surface area contributed by atoms with E-state index >= 15 is 0 Å². The van der Waals surface area contributed by atoms with Gasteiger partial charge in [0.15, 0.2) is 5.82 Å². The van der Waals surface area contributed by atoms with Crippen LogP contribution in [0, 0.1) is 0 Å². The van der Waals surface area contributed by atoms with E-state index in [-0.39, 0.29) is 0 Å². The minimum Gasteiger partial charge on any atom is -0.493 e. The maximum atomic E-state index is 13.7. The number of benzene rings is 1. The lowest BCUT2D eigenvalue weighted by Crippen LogP contribution is -2.07. The number of ether oxygens (including phenoxy) is 1. The molecule has 0 unspecified atom stereocenters. The Kier molecular flexibility index (Phi) is 12.9. The molecule has 172 valence electrons. The number of aryl methyl sites for hydroxylation is 1. The van der Waals surface area contributed by atoms with Crippen molar-refractivity contribution in [3.63, 3.8) is 0 Å². The molecule has 1 atom stereocenters. The summed E-state index contributed by atoms with van der Waals surface area (Å²) in [5.74, 6) is 1.49. The van der Waals surface area contributed by atoms with Gasteiger partial charge in [0.25, 0.3) is 0 Å². The summed E-state index contributed by atoms with van der Waals surface area (Å²) < 4.78 is 19.4. The third kappa shape index (κ3) is 10.8. The predicted octanol–water partition coefficient (Wildman–Crippen LogP) is 8.12. The highest BCUT2D eigenvalue weighted by Gasteiger charge is 2.07. The largest absolute Gasteiger partial charge is 0.493 e. The molecule has 0 aliphatic rings. The summed E-state index contributed by atoms with van der Waals surface area (Å²) >= 11 is 0. The van der Waals surface area contributed by atoms with Crippen molar-refractivity contribution in [3.05, 3.63) is 42.2 Å². The van der Waals surface area contributed by atoms with Crippen LogP contribution >= 0.6 is 0 Å². The van der Waals surface area contributed by atoms with Gasteiger partial charge in [-0.2, -0.15) is 0 Å². The topological polar surface area (TPSA) is 35.0 Å². The summed E-state index contributed by atoms with van der Waals surface area (Å²) in [5, 5.41) is 0. The summed E-state index contributed by atoms with van der Waals surface area (Å²) in [5.41, 5.74) is 2.18. The molecule has 0 aliphatic heterocycles. The third-order valence-electron chi connectivity index (χ3n) is 5.71. The molecule has 1 aromatic carbocycles. The Morgan fingerprint density at radius 1 is 0.774 bits per heavy atom. The second-order valence-corrected chi connectivity index (χ2v) is 8.54. The lowest BCUT2D eigenvalue weighted by molar-refractivity contribution is 0.223. The van der Waals surface area contributed by atoms with Crippen LogP contribution in [0.5, 0.6) is 5.75 Å². The number of alkyl halides is 1. The van der Waals surface area contributed by atoms with Crippen LogP contribution in [0.15, 0.2) is 36.7 Å². The Balaban J connectivity index is 1.67. The van der Waals surface area contributed by atoms with E-state index in [9.17, 15) is 4.39 Å². The first-order chi connectivity index (χ1) is 15.2. The van der Waals surface area contributed by atoms with Crippen LogP contribution in [0.1, 0.15) is 96.5 Å². The van der Waals surface area contributed by atoms with Gasteiger partial charge in [-0.3, -0.25) is 0 Å². The number of aromatic nitrogens is 2. The van der Waals surface area contributed by atoms with Crippen molar-refractivity contribution >= 4 is 0 Å². The minimum absolute atomic E-state index is 0.411. The van der Waals surface area contributed by atoms with Crippen LogP contribution in [0.2, 0.25) is 0 Å². The molecule has 1 aromatic heterocycles. The molecule has 0 radical (unpaired) electrons. The van der Waals surface area contributed by atoms with Crippen molar-refractivity contribution < 1.29 is 9.13 Å². The highest BCUT2D eigenvalue weighted by Crippen LogP contribution is 2.20. The van der Waals surface area contributed by atoms with Crippen molar-refractivity contribution in [1.29, 1.82) is 0 Å². The lowest BCUT2D eigenvalue weighted by atomic mass is 10.1. The minimum atomic E-state index is -0.767. The van der Waals surface area contributed by atoms with Crippen LogP contribution in [-0.2, 0) is 6.42 Å². The van der Waals surface area contributed by atoms with Crippen molar-refractivity contribution in [2.75, 3.05) is 6.61 Å². The third-order valence-corrected chi connectivity index (χ3v) is 5.71. The highest BCUT2D eigenvalue weighted by atomic mass is 19.1. The molecule has 0 amide bonds. The molecule has 1 heterocycles. The molecular weight excluding hydrogens is 387 g/mol. The Morgan fingerprint density at radius 3 is 2.03 bits per heavy atom. The highest BCUT2D eigenvalue weighted by molar-refractivity contribution is 5.55. The van der Waals surface area contributed by atoms with Crippen LogP contribution in [0.3, 0.4) is 0 Å². The number of unbranched alkanes of at least 4 members (excludes halogenated alkanes) is 8. The number of hydrogen-bond donors (Lipinski definition) is 0. The monoisotopic (exact) mass is 428 g/mol. The molecule has 0 saturated carbocycles. The smallest absolute Gasteiger partial charge is 0.159 e. The van der Waals surface area contributed by atoms with E-state index in [1.165, 1.54) is 56.9 Å². The van der Waals surface area contributed by atoms with Crippen molar-refractivity contribution in [1.82, 2.24) is 9.97 Å². The van der Waals surface area contributed by atoms with Gasteiger partial charge < -0.3 is 4.74 Å². The summed E-state index contributed by atoms with van der Waals surface area (Å²) in [6.45, 7) is 4.75. The molecule has 0 bridgehead atoms. The first-order valence-electron chi connectivity index (χ1n) is 12.4. The van der Waals surface area contributed by atoms with Gasteiger partial charge in [-0.1, -0.05) is 71.6 Å². The summed E-state index contributed by atoms with van der Waals surface area (Å²) in [7, 11) is 0. The molecular formula is C27H41FN2O. The number of nitrogens with zero attached hydrogens (tertiary/aromatic N) is 2. The average Bonchev–Trinajstić information content (AvgIpc) is 2.80. The number of halogens is 1. The average molecular weight is 429 g/mol. The van der Waals surface area contributed by atoms with Crippen LogP contribution in [0.25, 0.3) is 11.4 Å². The van der Waals surface area contributed by atoms with Gasteiger partial charge in [0.2, 0.25) is 0 Å². The Labute approximate surface area is 188 Å². The Hall–Kier alpha value is -1.97. The Morgan fingerprint density at radius 2 is 1.39 bits per heavy atom. The van der Waals surface area contributed by atoms with Crippen molar-refractivity contribution in [2.24, 2.45) is 0 Å². The van der Waals surface area contributed by atoms with Crippen molar-refractivity contribution in [2.45, 2.75) is 103 Å². The summed E-state index contributed by atoms with van der Waals surface area (Å²) in [4.78, 5) is 9.08. The molecule has 2 rings (SSSR count). The molecule has 4 heteroatoms. The maximum absolute atomic E-state index is 13.7. The summed E-state index contributed by atoms with van der Waals surface area (Å²) in [6.07, 6.45) is 17.9. The second-order valence-electron chi connectivity index (χ2n) is 8.54. The fourth-order valence-corrected chi connectivity index (χ4v) is 3.67. The van der Waals surface area contributed by atoms with E-state index in [1.807, 2.05) is 36.7 Å². The van der Waals surface area contributed by atoms with Crippen LogP contribution in [-0.4, -0.2) is 22.7 Å². The van der Waals surface area contributed by atoms with Gasteiger partial charge in [0.1, 0.15) is 11.9 Å². The van der Waals surface area contributed by atoms with E-state index in [1.54, 1.807) is 0 Å². The molecule has 0 spiro atoms. The fourth-order valence-electron chi connectivity index (χ4n) is 3.67. The number of hydrogen-bond acceptors (Lipinski definition) is 3. The maximum Gasteiger partial charge on any atom is 0.159 e. The van der Waals surface area contributed by atoms with E-state index in [2.05, 4.69) is 23.8 Å². The van der Waals surface area contributed by atoms with Crippen LogP contribution < -0.4 is 4.74 Å². The molecule has 2 aromatic rings. The SMILES string of the molecule is CCCCCCCCCCc1cnc(-c2ccc(OCC[C@@H](F)CCCC)cc2)nc1. The van der Waals surface area contributed by atoms with Crippen molar-refractivity contribution in [3.8, 4) is 17.1 Å². The standard InChI is InChI=1S/C27H41FN2O/c1-3-5-7-8-9-10-11-12-13-23-21-29-27(30-22-23)24-15-17-26(18-16-24)31-20-19-25(28)14-6-4-2/h15-18,21-22,25H,3-14,19-20H2,1-2H3/t25-/m0/s1. The molecule has 0 fully saturated rings. The Bertz CT molecular complexity index is 687. The van der Waals surface area contributed by atoms with Gasteiger partial charge >= 0.3 is 0 Å². The quantitative estimate of drug-likeness (QED) is 0.239. The zero-order valence-electron chi connectivity index (χ0n) is 19.6. The lowest BCUT2D eigenvalue weighted by Gasteiger charge is -2.10. The second kappa shape index (κ2) is 15.8. The van der Waals surface area contributed by atoms with Gasteiger partial charge in [-0.05, 0) is 49.1 Å². The molecule has 0 aliphatic carbocycles. The fraction of sp³-hybridized carbons (Fsp3) is 0.630. The molecule has 0 saturated heterocycles. The van der Waals surface area contributed by atoms with E-state index < -0.39 is 6.17 Å². The van der Waals surface area contributed by atoms with Crippen LogP contribution in [0.4, 0.5) is 4.39 Å². The summed E-state index contributed by atoms with van der Waals surface area (Å²) in [6, 6.07) is 7.75. The van der Waals surface area contributed by atoms with E-state index in [0.29, 0.717) is 19.4 Å². The zero-order chi connectivity index (χ0) is 22.2. The van der Waals surface area contributed by atoms with Gasteiger partial charge in [-0.15, -0.1) is 0 Å². The molecule has 3 nitrogen and oxygen atoms in total. The van der Waals surface area contributed by atoms with Gasteiger partial charge in [-0.25, -0.2) is 14.4 Å². The molecule has 31 heavy (non-hydrogen) atoms. The first kappa shape index (κ1) is 25.3. The van der Waals surface area contributed by atoms with Gasteiger partial charge in [0, 0.05) is 24.4 Å². The normalized spacial score (nSPS) is 12.1. The first-order valence-corrected chi connectivity index (χ1v) is 12.4. The van der Waals surface area contributed by atoms with E-state index in [0.717, 1.165) is 36.4 Å². The van der Waals surface area contributed by atoms with E-state index in [4.69, 9.17) is 4.74 Å². The molecule has 0 N–H and O–H groups in total.